The molecule has 0 bridgehead atoms. The van der Waals surface area contributed by atoms with Gasteiger partial charge in [-0.25, -0.2) is 0 Å². The normalized spacial score (nSPS) is 18.4. The summed E-state index contributed by atoms with van der Waals surface area (Å²) in [7, 11) is 13.5. The third-order valence-corrected chi connectivity index (χ3v) is 4.65. The maximum Gasteiger partial charge on any atom is 0.0779 e. The van der Waals surface area contributed by atoms with Gasteiger partial charge in [-0.2, -0.15) is 0 Å². The molecular weight excluding hydrogens is 300 g/mol. The molecule has 1 aliphatic rings. The predicted molar refractivity (Wildman–Crippen MR) is 102 cm³/mol. The van der Waals surface area contributed by atoms with Gasteiger partial charge in [-0.15, -0.1) is 0 Å². The lowest BCUT2D eigenvalue weighted by atomic mass is 10.3. The average Bonchev–Trinajstić information content (AvgIpc) is 2.46. The predicted octanol–water partition coefficient (Wildman–Crippen LogP) is -3.62. The largest absolute Gasteiger partial charge is 0.340 e. The fraction of sp³-hybridized carbons (Fsp3) is 1.00. The third kappa shape index (κ3) is 10.6. The van der Waals surface area contributed by atoms with Gasteiger partial charge in [0, 0.05) is 38.9 Å². The molecule has 0 radical (unpaired) electrons. The van der Waals surface area contributed by atoms with Gasteiger partial charge in [0.1, 0.15) is 0 Å². The van der Waals surface area contributed by atoms with E-state index >= 15 is 0 Å². The van der Waals surface area contributed by atoms with Crippen molar-refractivity contribution in [2.24, 2.45) is 0 Å². The van der Waals surface area contributed by atoms with Crippen molar-refractivity contribution in [2.75, 3.05) is 102 Å². The van der Waals surface area contributed by atoms with Crippen molar-refractivity contribution in [3.8, 4) is 0 Å². The molecule has 1 rings (SSSR count). The summed E-state index contributed by atoms with van der Waals surface area (Å²) in [6.07, 6.45) is 3.90. The molecule has 24 heavy (non-hydrogen) atoms. The van der Waals surface area contributed by atoms with E-state index in [0.717, 1.165) is 20.0 Å². The number of rotatable bonds is 12. The molecule has 1 saturated heterocycles. The second kappa shape index (κ2) is 12.2. The highest BCUT2D eigenvalue weighted by atomic mass is 15.5. The lowest BCUT2D eigenvalue weighted by Crippen LogP contribution is -3.05. The Labute approximate surface area is 150 Å². The van der Waals surface area contributed by atoms with Crippen molar-refractivity contribution in [3.63, 3.8) is 0 Å². The van der Waals surface area contributed by atoms with Crippen LogP contribution in [0.2, 0.25) is 0 Å². The molecule has 3 N–H and O–H groups in total. The number of nitrogens with zero attached hydrogens (tertiary/aromatic N) is 3. The zero-order chi connectivity index (χ0) is 17.9. The van der Waals surface area contributed by atoms with Crippen molar-refractivity contribution in [2.45, 2.75) is 19.3 Å². The molecule has 1 fully saturated rings. The Kier molecular flexibility index (Phi) is 11.1. The number of hydrogen-bond acceptors (Lipinski definition) is 3. The first-order valence-corrected chi connectivity index (χ1v) is 9.91. The van der Waals surface area contributed by atoms with Crippen LogP contribution in [-0.2, 0) is 0 Å². The van der Waals surface area contributed by atoms with E-state index in [9.17, 15) is 0 Å². The second-order valence-electron chi connectivity index (χ2n) is 8.54. The van der Waals surface area contributed by atoms with Crippen LogP contribution >= 0.6 is 0 Å². The number of nitrogens with one attached hydrogen (secondary N) is 3. The fourth-order valence-electron chi connectivity index (χ4n) is 3.38. The first-order chi connectivity index (χ1) is 11.4. The van der Waals surface area contributed by atoms with Gasteiger partial charge in [0.05, 0.1) is 81.9 Å². The van der Waals surface area contributed by atoms with Crippen LogP contribution in [0.5, 0.6) is 0 Å². The topological polar surface area (TPSA) is 23.0 Å². The Balaban J connectivity index is 2.41. The Bertz CT molecular complexity index is 254. The van der Waals surface area contributed by atoms with E-state index < -0.39 is 0 Å². The maximum atomic E-state index is 2.65. The molecular formula is C18H45N6+3. The highest BCUT2D eigenvalue weighted by Gasteiger charge is 2.23. The lowest BCUT2D eigenvalue weighted by Gasteiger charge is -2.42. The van der Waals surface area contributed by atoms with Crippen molar-refractivity contribution in [3.05, 3.63) is 0 Å². The molecule has 0 aliphatic carbocycles. The zero-order valence-corrected chi connectivity index (χ0v) is 17.3. The van der Waals surface area contributed by atoms with Gasteiger partial charge in [0.25, 0.3) is 0 Å². The smallest absolute Gasteiger partial charge is 0.0779 e. The SMILES string of the molecule is C[NH+](C)CCCN1CN(CCC[NH+](C)C)CN(CCC[NH+](C)C)C1. The van der Waals surface area contributed by atoms with E-state index in [-0.39, 0.29) is 0 Å². The highest BCUT2D eigenvalue weighted by molar-refractivity contribution is 4.69. The Hall–Kier alpha value is -0.240. The molecule has 1 aliphatic heterocycles. The molecule has 0 saturated carbocycles. The summed E-state index contributed by atoms with van der Waals surface area (Å²) in [5, 5.41) is 0. The summed E-state index contributed by atoms with van der Waals surface area (Å²) in [6, 6.07) is 0. The zero-order valence-electron chi connectivity index (χ0n) is 17.3. The Morgan fingerprint density at radius 3 is 0.958 bits per heavy atom. The minimum atomic E-state index is 1.15. The van der Waals surface area contributed by atoms with Crippen LogP contribution in [0, 0.1) is 0 Å². The standard InChI is InChI=1S/C18H42N6/c1-19(2)10-7-13-22-16-23(14-8-11-20(3)4)18-24(17-22)15-9-12-21(5)6/h7-18H2,1-6H3/p+3. The number of quaternary nitrogens is 3. The monoisotopic (exact) mass is 345 g/mol. The van der Waals surface area contributed by atoms with Crippen LogP contribution in [0.15, 0.2) is 0 Å². The van der Waals surface area contributed by atoms with Gasteiger partial charge in [0.15, 0.2) is 0 Å². The molecule has 6 nitrogen and oxygen atoms in total. The Morgan fingerprint density at radius 2 is 0.750 bits per heavy atom. The molecule has 6 heteroatoms. The van der Waals surface area contributed by atoms with Gasteiger partial charge < -0.3 is 14.7 Å². The minimum absolute atomic E-state index is 1.15. The van der Waals surface area contributed by atoms with Crippen LogP contribution in [0.4, 0.5) is 0 Å². The van der Waals surface area contributed by atoms with Gasteiger partial charge in [-0.1, -0.05) is 0 Å². The molecule has 1 heterocycles. The van der Waals surface area contributed by atoms with Crippen LogP contribution in [0.1, 0.15) is 19.3 Å². The first-order valence-electron chi connectivity index (χ1n) is 9.91. The summed E-state index contributed by atoms with van der Waals surface area (Å²) in [5.74, 6) is 0. The van der Waals surface area contributed by atoms with Crippen LogP contribution < -0.4 is 14.7 Å². The van der Waals surface area contributed by atoms with Crippen LogP contribution in [0.25, 0.3) is 0 Å². The van der Waals surface area contributed by atoms with Gasteiger partial charge in [-0.05, 0) is 0 Å². The summed E-state index contributed by atoms with van der Waals surface area (Å²) in [6.45, 7) is 11.0. The quantitative estimate of drug-likeness (QED) is 0.340. The second-order valence-corrected chi connectivity index (χ2v) is 8.54. The van der Waals surface area contributed by atoms with Crippen LogP contribution in [0.3, 0.4) is 0 Å². The average molecular weight is 346 g/mol. The molecule has 0 atom stereocenters. The van der Waals surface area contributed by atoms with Crippen molar-refractivity contribution in [1.29, 1.82) is 0 Å². The third-order valence-electron chi connectivity index (χ3n) is 4.65. The van der Waals surface area contributed by atoms with Gasteiger partial charge in [-0.3, -0.25) is 14.7 Å². The van der Waals surface area contributed by atoms with Crippen molar-refractivity contribution >= 4 is 0 Å². The minimum Gasteiger partial charge on any atom is -0.340 e. The van der Waals surface area contributed by atoms with E-state index in [1.165, 1.54) is 58.5 Å². The summed E-state index contributed by atoms with van der Waals surface area (Å²) in [5.41, 5.74) is 0. The van der Waals surface area contributed by atoms with Crippen molar-refractivity contribution < 1.29 is 14.7 Å². The Morgan fingerprint density at radius 1 is 0.500 bits per heavy atom. The molecule has 144 valence electrons. The number of hydrogen-bond donors (Lipinski definition) is 3. The van der Waals surface area contributed by atoms with E-state index in [1.54, 1.807) is 14.7 Å². The summed E-state index contributed by atoms with van der Waals surface area (Å²) < 4.78 is 0. The van der Waals surface area contributed by atoms with Crippen LogP contribution in [-0.4, -0.2) is 116 Å². The van der Waals surface area contributed by atoms with E-state index in [0.29, 0.717) is 0 Å². The van der Waals surface area contributed by atoms with E-state index in [2.05, 4.69) is 57.0 Å². The molecule has 0 aromatic carbocycles. The van der Waals surface area contributed by atoms with Crippen molar-refractivity contribution in [1.82, 2.24) is 14.7 Å². The highest BCUT2D eigenvalue weighted by Crippen LogP contribution is 2.08. The molecule has 0 amide bonds. The molecule has 0 unspecified atom stereocenters. The molecule has 0 aromatic rings. The van der Waals surface area contributed by atoms with E-state index in [1.807, 2.05) is 0 Å². The fourth-order valence-corrected chi connectivity index (χ4v) is 3.38. The van der Waals surface area contributed by atoms with Gasteiger partial charge >= 0.3 is 0 Å². The maximum absolute atomic E-state index is 2.65. The van der Waals surface area contributed by atoms with Gasteiger partial charge in [0.2, 0.25) is 0 Å². The van der Waals surface area contributed by atoms with E-state index in [4.69, 9.17) is 0 Å². The lowest BCUT2D eigenvalue weighted by molar-refractivity contribution is -0.858. The summed E-state index contributed by atoms with van der Waals surface area (Å²) in [4.78, 5) is 12.6. The first kappa shape index (κ1) is 21.8. The molecule has 0 spiro atoms. The molecule has 0 aromatic heterocycles. The summed E-state index contributed by atoms with van der Waals surface area (Å²) >= 11 is 0.